The molecule has 0 aliphatic carbocycles. The van der Waals surface area contributed by atoms with Crippen molar-refractivity contribution in [2.45, 2.75) is 13.8 Å². The van der Waals surface area contributed by atoms with Crippen LogP contribution in [0.5, 0.6) is 0 Å². The van der Waals surface area contributed by atoms with Gasteiger partial charge in [0.05, 0.1) is 5.75 Å². The van der Waals surface area contributed by atoms with Crippen LogP contribution in [0.2, 0.25) is 0 Å². The van der Waals surface area contributed by atoms with Crippen LogP contribution in [0.3, 0.4) is 0 Å². The van der Waals surface area contributed by atoms with Gasteiger partial charge in [0.25, 0.3) is 5.91 Å². The molecule has 0 aromatic heterocycles. The standard InChI is InChI=1S/C13H16FNO3S/c1-10(2)9-19(17,18)15-13(16)8-5-11-3-6-12(14)7-4-11/h3-8,10H,9H2,1-2H3,(H,15,16). The summed E-state index contributed by atoms with van der Waals surface area (Å²) in [5, 5.41) is 0. The first kappa shape index (κ1) is 15.4. The van der Waals surface area contributed by atoms with Gasteiger partial charge in [-0.15, -0.1) is 0 Å². The molecule has 6 heteroatoms. The molecule has 0 heterocycles. The number of benzene rings is 1. The maximum Gasteiger partial charge on any atom is 0.257 e. The van der Waals surface area contributed by atoms with E-state index in [1.54, 1.807) is 13.8 Å². The van der Waals surface area contributed by atoms with Crippen LogP contribution in [-0.4, -0.2) is 20.1 Å². The Hall–Kier alpha value is -1.69. The van der Waals surface area contributed by atoms with Gasteiger partial charge >= 0.3 is 0 Å². The van der Waals surface area contributed by atoms with Gasteiger partial charge < -0.3 is 0 Å². The Morgan fingerprint density at radius 2 is 1.89 bits per heavy atom. The Kier molecular flexibility index (Phi) is 5.23. The van der Waals surface area contributed by atoms with Crippen molar-refractivity contribution in [1.29, 1.82) is 0 Å². The first-order valence-corrected chi connectivity index (χ1v) is 7.42. The van der Waals surface area contributed by atoms with Crippen molar-refractivity contribution in [3.63, 3.8) is 0 Å². The lowest BCUT2D eigenvalue weighted by molar-refractivity contribution is -0.114. The summed E-state index contributed by atoms with van der Waals surface area (Å²) in [4.78, 5) is 11.4. The minimum atomic E-state index is -3.60. The number of nitrogens with one attached hydrogen (secondary N) is 1. The monoisotopic (exact) mass is 285 g/mol. The number of hydrogen-bond acceptors (Lipinski definition) is 3. The highest BCUT2D eigenvalue weighted by molar-refractivity contribution is 7.90. The SMILES string of the molecule is CC(C)CS(=O)(=O)NC(=O)C=Cc1ccc(F)cc1. The van der Waals surface area contributed by atoms with Crippen LogP contribution in [0, 0.1) is 11.7 Å². The number of hydrogen-bond donors (Lipinski definition) is 1. The largest absolute Gasteiger partial charge is 0.269 e. The molecule has 0 aliphatic heterocycles. The van der Waals surface area contributed by atoms with Gasteiger partial charge in [0, 0.05) is 6.08 Å². The topological polar surface area (TPSA) is 63.2 Å². The van der Waals surface area contributed by atoms with E-state index in [-0.39, 0.29) is 17.5 Å². The molecule has 1 aromatic rings. The molecule has 4 nitrogen and oxygen atoms in total. The molecule has 0 saturated carbocycles. The van der Waals surface area contributed by atoms with E-state index in [1.807, 2.05) is 4.72 Å². The fourth-order valence-electron chi connectivity index (χ4n) is 1.41. The maximum atomic E-state index is 12.6. The summed E-state index contributed by atoms with van der Waals surface area (Å²) in [7, 11) is -3.60. The van der Waals surface area contributed by atoms with E-state index in [9.17, 15) is 17.6 Å². The molecule has 0 aliphatic rings. The number of sulfonamides is 1. The Morgan fingerprint density at radius 1 is 1.32 bits per heavy atom. The summed E-state index contributed by atoms with van der Waals surface area (Å²) in [6.45, 7) is 3.50. The molecular formula is C13H16FNO3S. The highest BCUT2D eigenvalue weighted by atomic mass is 32.2. The van der Waals surface area contributed by atoms with Crippen LogP contribution in [0.1, 0.15) is 19.4 Å². The zero-order valence-corrected chi connectivity index (χ0v) is 11.6. The summed E-state index contributed by atoms with van der Waals surface area (Å²) in [6.07, 6.45) is 2.52. The first-order valence-electron chi connectivity index (χ1n) is 5.76. The fourth-order valence-corrected chi connectivity index (χ4v) is 2.75. The average molecular weight is 285 g/mol. The quantitative estimate of drug-likeness (QED) is 0.841. The number of carbonyl (C=O) groups is 1. The summed E-state index contributed by atoms with van der Waals surface area (Å²) in [5.74, 6) is -1.26. The van der Waals surface area contributed by atoms with Gasteiger partial charge in [-0.25, -0.2) is 17.5 Å². The third kappa shape index (κ3) is 6.15. The van der Waals surface area contributed by atoms with Crippen molar-refractivity contribution in [3.05, 3.63) is 41.7 Å². The predicted octanol–water partition coefficient (Wildman–Crippen LogP) is 1.94. The molecule has 0 radical (unpaired) electrons. The summed E-state index contributed by atoms with van der Waals surface area (Å²) < 4.78 is 37.6. The lowest BCUT2D eigenvalue weighted by atomic mass is 10.2. The number of amides is 1. The van der Waals surface area contributed by atoms with Crippen molar-refractivity contribution in [1.82, 2.24) is 4.72 Å². The molecule has 1 aromatic carbocycles. The smallest absolute Gasteiger partial charge is 0.257 e. The zero-order chi connectivity index (χ0) is 14.5. The van der Waals surface area contributed by atoms with E-state index in [4.69, 9.17) is 0 Å². The highest BCUT2D eigenvalue weighted by Gasteiger charge is 2.14. The molecule has 1 amide bonds. The van der Waals surface area contributed by atoms with E-state index in [2.05, 4.69) is 0 Å². The van der Waals surface area contributed by atoms with E-state index in [0.717, 1.165) is 6.08 Å². The van der Waals surface area contributed by atoms with Crippen molar-refractivity contribution in [3.8, 4) is 0 Å². The number of halogens is 1. The van der Waals surface area contributed by atoms with Crippen LogP contribution in [0.25, 0.3) is 6.08 Å². The van der Waals surface area contributed by atoms with Crippen LogP contribution in [-0.2, 0) is 14.8 Å². The van der Waals surface area contributed by atoms with Crippen LogP contribution < -0.4 is 4.72 Å². The lowest BCUT2D eigenvalue weighted by Gasteiger charge is -2.06. The van der Waals surface area contributed by atoms with E-state index in [1.165, 1.54) is 30.3 Å². The molecule has 104 valence electrons. The van der Waals surface area contributed by atoms with Gasteiger partial charge in [-0.05, 0) is 29.7 Å². The first-order chi connectivity index (χ1) is 8.78. The molecule has 19 heavy (non-hydrogen) atoms. The molecule has 0 bridgehead atoms. The molecule has 0 fully saturated rings. The Morgan fingerprint density at radius 3 is 2.42 bits per heavy atom. The molecule has 0 atom stereocenters. The second-order valence-corrected chi connectivity index (χ2v) is 6.29. The fraction of sp³-hybridized carbons (Fsp3) is 0.308. The highest BCUT2D eigenvalue weighted by Crippen LogP contribution is 2.04. The Balaban J connectivity index is 2.63. The number of rotatable bonds is 5. The summed E-state index contributed by atoms with van der Waals surface area (Å²) in [5.41, 5.74) is 0.609. The predicted molar refractivity (Wildman–Crippen MR) is 72.2 cm³/mol. The van der Waals surface area contributed by atoms with E-state index >= 15 is 0 Å². The average Bonchev–Trinajstić information content (AvgIpc) is 2.25. The molecule has 0 saturated heterocycles. The van der Waals surface area contributed by atoms with Gasteiger partial charge in [-0.1, -0.05) is 26.0 Å². The Labute approximate surface area is 112 Å². The molecule has 1 rings (SSSR count). The molecule has 1 N–H and O–H groups in total. The normalized spacial score (nSPS) is 12.0. The third-order valence-corrected chi connectivity index (χ3v) is 3.72. The molecule has 0 unspecified atom stereocenters. The summed E-state index contributed by atoms with van der Waals surface area (Å²) >= 11 is 0. The van der Waals surface area contributed by atoms with Crippen molar-refractivity contribution in [2.75, 3.05) is 5.75 Å². The lowest BCUT2D eigenvalue weighted by Crippen LogP contribution is -2.32. The third-order valence-electron chi connectivity index (χ3n) is 2.11. The molecular weight excluding hydrogens is 269 g/mol. The van der Waals surface area contributed by atoms with Gasteiger partial charge in [0.15, 0.2) is 0 Å². The minimum Gasteiger partial charge on any atom is -0.269 e. The Bertz CT molecular complexity index is 562. The van der Waals surface area contributed by atoms with Crippen LogP contribution in [0.15, 0.2) is 30.3 Å². The van der Waals surface area contributed by atoms with Crippen molar-refractivity contribution < 1.29 is 17.6 Å². The van der Waals surface area contributed by atoms with Gasteiger partial charge in [-0.2, -0.15) is 0 Å². The van der Waals surface area contributed by atoms with Crippen molar-refractivity contribution >= 4 is 22.0 Å². The van der Waals surface area contributed by atoms with Gasteiger partial charge in [-0.3, -0.25) is 4.79 Å². The number of carbonyl (C=O) groups excluding carboxylic acids is 1. The van der Waals surface area contributed by atoms with Gasteiger partial charge in [0.1, 0.15) is 5.82 Å². The zero-order valence-electron chi connectivity index (χ0n) is 10.8. The maximum absolute atomic E-state index is 12.6. The van der Waals surface area contributed by atoms with Gasteiger partial charge in [0.2, 0.25) is 10.0 Å². The van der Waals surface area contributed by atoms with E-state index < -0.39 is 15.9 Å². The second-order valence-electron chi connectivity index (χ2n) is 4.53. The minimum absolute atomic E-state index is 0.0635. The van der Waals surface area contributed by atoms with Crippen LogP contribution in [0.4, 0.5) is 4.39 Å². The van der Waals surface area contributed by atoms with Crippen molar-refractivity contribution in [2.24, 2.45) is 5.92 Å². The van der Waals surface area contributed by atoms with E-state index in [0.29, 0.717) is 5.56 Å². The summed E-state index contributed by atoms with van der Waals surface area (Å²) in [6, 6.07) is 5.49. The second kappa shape index (κ2) is 6.47. The van der Waals surface area contributed by atoms with Crippen LogP contribution >= 0.6 is 0 Å². The molecule has 0 spiro atoms.